The van der Waals surface area contributed by atoms with Gasteiger partial charge in [0.25, 0.3) is 0 Å². The van der Waals surface area contributed by atoms with Gasteiger partial charge in [0.2, 0.25) is 0 Å². The summed E-state index contributed by atoms with van der Waals surface area (Å²) < 4.78 is 5.76. The van der Waals surface area contributed by atoms with Crippen LogP contribution >= 0.6 is 0 Å². The Bertz CT molecular complexity index is 203. The first-order valence-electron chi connectivity index (χ1n) is 8.23. The lowest BCUT2D eigenvalue weighted by Gasteiger charge is -2.29. The van der Waals surface area contributed by atoms with E-state index in [4.69, 9.17) is 4.74 Å². The van der Waals surface area contributed by atoms with Crippen molar-refractivity contribution in [3.8, 4) is 0 Å². The molecule has 1 N–H and O–H groups in total. The number of ether oxygens (including phenoxy) is 1. The Morgan fingerprint density at radius 3 is 2.53 bits per heavy atom. The van der Waals surface area contributed by atoms with Gasteiger partial charge in [0.05, 0.1) is 6.61 Å². The molecule has 0 aliphatic carbocycles. The summed E-state index contributed by atoms with van der Waals surface area (Å²) in [6.45, 7) is 14.6. The largest absolute Gasteiger partial charge is 0.380 e. The van der Waals surface area contributed by atoms with Crippen molar-refractivity contribution in [3.05, 3.63) is 0 Å². The molecule has 1 fully saturated rings. The van der Waals surface area contributed by atoms with Gasteiger partial charge in [-0.05, 0) is 57.2 Å². The zero-order valence-corrected chi connectivity index (χ0v) is 13.3. The summed E-state index contributed by atoms with van der Waals surface area (Å²) in [6.07, 6.45) is 5.11. The Balaban J connectivity index is 2.12. The molecule has 0 bridgehead atoms. The predicted octanol–water partition coefficient (Wildman–Crippen LogP) is 2.76. The number of piperidine rings is 1. The molecule has 0 spiro atoms. The van der Waals surface area contributed by atoms with E-state index in [-0.39, 0.29) is 0 Å². The minimum Gasteiger partial charge on any atom is -0.380 e. The highest BCUT2D eigenvalue weighted by Gasteiger charge is 2.16. The van der Waals surface area contributed by atoms with Crippen LogP contribution in [0.4, 0.5) is 0 Å². The predicted molar refractivity (Wildman–Crippen MR) is 82.6 cm³/mol. The highest BCUT2D eigenvalue weighted by Crippen LogP contribution is 2.13. The van der Waals surface area contributed by atoms with E-state index in [1.807, 2.05) is 0 Å². The van der Waals surface area contributed by atoms with Crippen LogP contribution in [0.25, 0.3) is 0 Å². The first-order valence-corrected chi connectivity index (χ1v) is 8.23. The van der Waals surface area contributed by atoms with Crippen molar-refractivity contribution in [2.24, 2.45) is 11.8 Å². The summed E-state index contributed by atoms with van der Waals surface area (Å²) in [7, 11) is 0. The third kappa shape index (κ3) is 8.61. The van der Waals surface area contributed by atoms with Crippen molar-refractivity contribution in [2.45, 2.75) is 46.5 Å². The van der Waals surface area contributed by atoms with Gasteiger partial charge in [-0.3, -0.25) is 0 Å². The van der Waals surface area contributed by atoms with Gasteiger partial charge in [0.1, 0.15) is 0 Å². The maximum Gasteiger partial charge on any atom is 0.0593 e. The molecule has 0 unspecified atom stereocenters. The van der Waals surface area contributed by atoms with E-state index in [1.54, 1.807) is 0 Å². The third-order valence-electron chi connectivity index (χ3n) is 3.91. The van der Waals surface area contributed by atoms with Gasteiger partial charge in [-0.15, -0.1) is 0 Å². The molecular formula is C16H34N2O. The van der Waals surface area contributed by atoms with Gasteiger partial charge in [-0.25, -0.2) is 0 Å². The van der Waals surface area contributed by atoms with E-state index in [1.165, 1.54) is 51.9 Å². The molecule has 1 aliphatic rings. The molecule has 0 aromatic heterocycles. The molecule has 0 amide bonds. The highest BCUT2D eigenvalue weighted by molar-refractivity contribution is 4.72. The standard InChI is InChI=1S/C16H34N2O/c1-4-10-18(11-13-19-12-7-15(2)3)14-16-5-8-17-9-6-16/h15-17H,4-14H2,1-3H3. The maximum atomic E-state index is 5.76. The van der Waals surface area contributed by atoms with Crippen molar-refractivity contribution in [1.82, 2.24) is 10.2 Å². The van der Waals surface area contributed by atoms with Crippen molar-refractivity contribution in [1.29, 1.82) is 0 Å². The third-order valence-corrected chi connectivity index (χ3v) is 3.91. The maximum absolute atomic E-state index is 5.76. The average molecular weight is 270 g/mol. The molecule has 114 valence electrons. The molecule has 0 aromatic carbocycles. The lowest BCUT2D eigenvalue weighted by molar-refractivity contribution is 0.0881. The van der Waals surface area contributed by atoms with E-state index >= 15 is 0 Å². The molecular weight excluding hydrogens is 236 g/mol. The first-order chi connectivity index (χ1) is 9.22. The average Bonchev–Trinajstić information content (AvgIpc) is 2.39. The lowest BCUT2D eigenvalue weighted by atomic mass is 9.97. The van der Waals surface area contributed by atoms with E-state index in [0.29, 0.717) is 0 Å². The smallest absolute Gasteiger partial charge is 0.0593 e. The summed E-state index contributed by atoms with van der Waals surface area (Å²) in [5, 5.41) is 3.45. The summed E-state index contributed by atoms with van der Waals surface area (Å²) in [4.78, 5) is 2.60. The molecule has 0 radical (unpaired) electrons. The number of rotatable bonds is 10. The van der Waals surface area contributed by atoms with Gasteiger partial charge in [-0.1, -0.05) is 20.8 Å². The van der Waals surface area contributed by atoms with Crippen LogP contribution in [-0.2, 0) is 4.74 Å². The van der Waals surface area contributed by atoms with Crippen LogP contribution < -0.4 is 5.32 Å². The second kappa shape index (κ2) is 10.6. The van der Waals surface area contributed by atoms with Crippen LogP contribution in [0.5, 0.6) is 0 Å². The van der Waals surface area contributed by atoms with Crippen molar-refractivity contribution in [3.63, 3.8) is 0 Å². The quantitative estimate of drug-likeness (QED) is 0.618. The Morgan fingerprint density at radius 1 is 1.16 bits per heavy atom. The molecule has 0 saturated carbocycles. The molecule has 1 aliphatic heterocycles. The molecule has 1 heterocycles. The molecule has 1 rings (SSSR count). The Kier molecular flexibility index (Phi) is 9.48. The van der Waals surface area contributed by atoms with E-state index in [9.17, 15) is 0 Å². The molecule has 3 nitrogen and oxygen atoms in total. The first kappa shape index (κ1) is 16.9. The Labute approximate surface area is 120 Å². The van der Waals surface area contributed by atoms with Gasteiger partial charge in [0, 0.05) is 19.7 Å². The van der Waals surface area contributed by atoms with Crippen LogP contribution in [0.2, 0.25) is 0 Å². The monoisotopic (exact) mass is 270 g/mol. The minimum absolute atomic E-state index is 0.751. The van der Waals surface area contributed by atoms with Crippen molar-refractivity contribution < 1.29 is 4.74 Å². The van der Waals surface area contributed by atoms with Crippen molar-refractivity contribution >= 4 is 0 Å². The van der Waals surface area contributed by atoms with Crippen LogP contribution in [0.15, 0.2) is 0 Å². The highest BCUT2D eigenvalue weighted by atomic mass is 16.5. The second-order valence-electron chi connectivity index (χ2n) is 6.29. The number of nitrogens with zero attached hydrogens (tertiary/aromatic N) is 1. The molecule has 3 heteroatoms. The van der Waals surface area contributed by atoms with Gasteiger partial charge < -0.3 is 15.0 Å². The summed E-state index contributed by atoms with van der Waals surface area (Å²) in [5.41, 5.74) is 0. The number of hydrogen-bond donors (Lipinski definition) is 1. The Hall–Kier alpha value is -0.120. The zero-order valence-electron chi connectivity index (χ0n) is 13.3. The van der Waals surface area contributed by atoms with E-state index in [0.717, 1.165) is 31.6 Å². The fourth-order valence-corrected chi connectivity index (χ4v) is 2.65. The normalized spacial score (nSPS) is 17.5. The molecule has 1 saturated heterocycles. The molecule has 0 atom stereocenters. The molecule has 19 heavy (non-hydrogen) atoms. The van der Waals surface area contributed by atoms with Gasteiger partial charge in [-0.2, -0.15) is 0 Å². The molecule has 0 aromatic rings. The summed E-state index contributed by atoms with van der Waals surface area (Å²) >= 11 is 0. The van der Waals surface area contributed by atoms with E-state index in [2.05, 4.69) is 31.0 Å². The van der Waals surface area contributed by atoms with Crippen molar-refractivity contribution in [2.75, 3.05) is 45.9 Å². The minimum atomic E-state index is 0.751. The van der Waals surface area contributed by atoms with Gasteiger partial charge >= 0.3 is 0 Å². The number of nitrogens with one attached hydrogen (secondary N) is 1. The summed E-state index contributed by atoms with van der Waals surface area (Å²) in [6, 6.07) is 0. The summed E-state index contributed by atoms with van der Waals surface area (Å²) in [5.74, 6) is 1.64. The SMILES string of the molecule is CCCN(CCOCCC(C)C)CC1CCNCC1. The Morgan fingerprint density at radius 2 is 1.89 bits per heavy atom. The topological polar surface area (TPSA) is 24.5 Å². The number of hydrogen-bond acceptors (Lipinski definition) is 3. The van der Waals surface area contributed by atoms with Crippen LogP contribution in [0.1, 0.15) is 46.5 Å². The fourth-order valence-electron chi connectivity index (χ4n) is 2.65. The second-order valence-corrected chi connectivity index (χ2v) is 6.29. The van der Waals surface area contributed by atoms with Crippen LogP contribution in [-0.4, -0.2) is 50.8 Å². The fraction of sp³-hybridized carbons (Fsp3) is 1.00. The van der Waals surface area contributed by atoms with E-state index < -0.39 is 0 Å². The zero-order chi connectivity index (χ0) is 13.9. The lowest BCUT2D eigenvalue weighted by Crippen LogP contribution is -2.38. The van der Waals surface area contributed by atoms with Gasteiger partial charge in [0.15, 0.2) is 0 Å². The van der Waals surface area contributed by atoms with Crippen LogP contribution in [0.3, 0.4) is 0 Å². The van der Waals surface area contributed by atoms with Crippen LogP contribution in [0, 0.1) is 11.8 Å².